The lowest BCUT2D eigenvalue weighted by Crippen LogP contribution is -2.32. The van der Waals surface area contributed by atoms with E-state index in [4.69, 9.17) is 15.2 Å². The Kier molecular flexibility index (Phi) is 4.53. The van der Waals surface area contributed by atoms with Gasteiger partial charge in [0.2, 0.25) is 5.79 Å². The molecule has 0 atom stereocenters. The SMILES string of the molecule is COC(CCN)(OC)c1ccc(Br)s1. The average Bonchev–Trinajstić information content (AvgIpc) is 2.62. The van der Waals surface area contributed by atoms with Gasteiger partial charge in [-0.3, -0.25) is 0 Å². The van der Waals surface area contributed by atoms with Crippen LogP contribution in [0.3, 0.4) is 0 Å². The second-order valence-corrected chi connectivity index (χ2v) is 5.27. The summed E-state index contributed by atoms with van der Waals surface area (Å²) in [6.07, 6.45) is 0.646. The summed E-state index contributed by atoms with van der Waals surface area (Å²) in [6, 6.07) is 3.96. The molecule has 0 aliphatic carbocycles. The first-order valence-corrected chi connectivity index (χ1v) is 5.85. The Hall–Kier alpha value is 0.0600. The number of nitrogens with two attached hydrogens (primary N) is 1. The summed E-state index contributed by atoms with van der Waals surface area (Å²) in [7, 11) is 3.26. The minimum atomic E-state index is -0.689. The van der Waals surface area contributed by atoms with Crippen LogP contribution in [-0.4, -0.2) is 20.8 Å². The lowest BCUT2D eigenvalue weighted by molar-refractivity contribution is -0.216. The molecule has 0 spiro atoms. The molecular weight excluding hydrogens is 266 g/mol. The van der Waals surface area contributed by atoms with Crippen LogP contribution in [0.4, 0.5) is 0 Å². The largest absolute Gasteiger partial charge is 0.349 e. The average molecular weight is 280 g/mol. The molecule has 0 aromatic carbocycles. The number of thiophene rings is 1. The first-order valence-electron chi connectivity index (χ1n) is 4.24. The number of methoxy groups -OCH3 is 2. The van der Waals surface area contributed by atoms with Gasteiger partial charge in [-0.15, -0.1) is 11.3 Å². The van der Waals surface area contributed by atoms with Gasteiger partial charge in [-0.05, 0) is 34.6 Å². The van der Waals surface area contributed by atoms with Crippen molar-refractivity contribution in [2.24, 2.45) is 5.73 Å². The minimum absolute atomic E-state index is 0.525. The maximum absolute atomic E-state index is 5.54. The van der Waals surface area contributed by atoms with Gasteiger partial charge in [0, 0.05) is 20.6 Å². The number of hydrogen-bond acceptors (Lipinski definition) is 4. The summed E-state index contributed by atoms with van der Waals surface area (Å²) in [6.45, 7) is 0.525. The third-order valence-electron chi connectivity index (χ3n) is 2.08. The number of hydrogen-bond donors (Lipinski definition) is 1. The Morgan fingerprint density at radius 3 is 2.43 bits per heavy atom. The van der Waals surface area contributed by atoms with Crippen molar-refractivity contribution in [3.8, 4) is 0 Å². The minimum Gasteiger partial charge on any atom is -0.349 e. The van der Waals surface area contributed by atoms with Gasteiger partial charge in [-0.25, -0.2) is 0 Å². The molecule has 80 valence electrons. The summed E-state index contributed by atoms with van der Waals surface area (Å²) in [4.78, 5) is 1.03. The van der Waals surface area contributed by atoms with Crippen LogP contribution in [0.5, 0.6) is 0 Å². The zero-order valence-corrected chi connectivity index (χ0v) is 10.7. The molecule has 2 N–H and O–H groups in total. The fourth-order valence-electron chi connectivity index (χ4n) is 1.32. The molecule has 0 aliphatic rings. The monoisotopic (exact) mass is 279 g/mol. The van der Waals surface area contributed by atoms with Gasteiger partial charge in [0.05, 0.1) is 8.66 Å². The van der Waals surface area contributed by atoms with Crippen molar-refractivity contribution in [3.05, 3.63) is 20.8 Å². The molecular formula is C9H14BrNO2S. The molecule has 14 heavy (non-hydrogen) atoms. The van der Waals surface area contributed by atoms with Gasteiger partial charge >= 0.3 is 0 Å². The highest BCUT2D eigenvalue weighted by molar-refractivity contribution is 9.11. The molecule has 0 bridgehead atoms. The molecule has 1 aromatic rings. The molecule has 0 unspecified atom stereocenters. The van der Waals surface area contributed by atoms with Crippen molar-refractivity contribution in [1.82, 2.24) is 0 Å². The van der Waals surface area contributed by atoms with E-state index in [-0.39, 0.29) is 0 Å². The second kappa shape index (κ2) is 5.23. The smallest absolute Gasteiger partial charge is 0.204 e. The summed E-state index contributed by atoms with van der Waals surface area (Å²) < 4.78 is 11.9. The molecule has 0 amide bonds. The first kappa shape index (κ1) is 12.1. The van der Waals surface area contributed by atoms with Crippen LogP contribution in [0.25, 0.3) is 0 Å². The van der Waals surface area contributed by atoms with E-state index in [1.807, 2.05) is 12.1 Å². The summed E-state index contributed by atoms with van der Waals surface area (Å²) in [5, 5.41) is 0. The van der Waals surface area contributed by atoms with Crippen molar-refractivity contribution in [1.29, 1.82) is 0 Å². The third-order valence-corrected chi connectivity index (χ3v) is 3.83. The molecule has 0 saturated heterocycles. The maximum Gasteiger partial charge on any atom is 0.204 e. The van der Waals surface area contributed by atoms with Gasteiger partial charge in [0.15, 0.2) is 0 Å². The van der Waals surface area contributed by atoms with Crippen LogP contribution < -0.4 is 5.73 Å². The quantitative estimate of drug-likeness (QED) is 0.842. The number of ether oxygens (including phenoxy) is 2. The Bertz CT molecular complexity index is 286. The number of rotatable bonds is 5. The van der Waals surface area contributed by atoms with E-state index in [1.165, 1.54) is 0 Å². The van der Waals surface area contributed by atoms with Gasteiger partial charge < -0.3 is 15.2 Å². The van der Waals surface area contributed by atoms with Crippen LogP contribution in [0.15, 0.2) is 15.9 Å². The Morgan fingerprint density at radius 1 is 1.43 bits per heavy atom. The normalized spacial score (nSPS) is 12.0. The Balaban J connectivity index is 2.97. The topological polar surface area (TPSA) is 44.5 Å². The molecule has 1 aromatic heterocycles. The fraction of sp³-hybridized carbons (Fsp3) is 0.556. The van der Waals surface area contributed by atoms with Crippen LogP contribution >= 0.6 is 27.3 Å². The summed E-state index contributed by atoms with van der Waals surface area (Å²) in [5.74, 6) is -0.689. The molecule has 1 rings (SSSR count). The zero-order valence-electron chi connectivity index (χ0n) is 8.25. The van der Waals surface area contributed by atoms with Crippen molar-refractivity contribution < 1.29 is 9.47 Å². The number of halogens is 1. The lowest BCUT2D eigenvalue weighted by Gasteiger charge is -2.29. The van der Waals surface area contributed by atoms with E-state index in [0.717, 1.165) is 8.66 Å². The molecule has 0 radical (unpaired) electrons. The van der Waals surface area contributed by atoms with Crippen molar-refractivity contribution in [2.45, 2.75) is 12.2 Å². The first-order chi connectivity index (χ1) is 6.68. The molecule has 0 saturated carbocycles. The van der Waals surface area contributed by atoms with Crippen LogP contribution in [0.2, 0.25) is 0 Å². The van der Waals surface area contributed by atoms with Crippen molar-refractivity contribution >= 4 is 27.3 Å². The van der Waals surface area contributed by atoms with Crippen molar-refractivity contribution in [2.75, 3.05) is 20.8 Å². The van der Waals surface area contributed by atoms with Crippen LogP contribution in [0.1, 0.15) is 11.3 Å². The van der Waals surface area contributed by atoms with E-state index >= 15 is 0 Å². The van der Waals surface area contributed by atoms with Gasteiger partial charge in [-0.1, -0.05) is 0 Å². The van der Waals surface area contributed by atoms with Crippen LogP contribution in [-0.2, 0) is 15.3 Å². The van der Waals surface area contributed by atoms with E-state index in [2.05, 4.69) is 15.9 Å². The third kappa shape index (κ3) is 2.35. The standard InChI is InChI=1S/C9H14BrNO2S/c1-12-9(13-2,5-6-11)7-3-4-8(10)14-7/h3-4H,5-6,11H2,1-2H3. The highest BCUT2D eigenvalue weighted by atomic mass is 79.9. The lowest BCUT2D eigenvalue weighted by atomic mass is 10.1. The van der Waals surface area contributed by atoms with Gasteiger partial charge in [0.25, 0.3) is 0 Å². The summed E-state index contributed by atoms with van der Waals surface area (Å²) in [5.41, 5.74) is 5.54. The molecule has 1 heterocycles. The summed E-state index contributed by atoms with van der Waals surface area (Å²) >= 11 is 5.01. The maximum atomic E-state index is 5.54. The highest BCUT2D eigenvalue weighted by Gasteiger charge is 2.32. The van der Waals surface area contributed by atoms with Gasteiger partial charge in [-0.2, -0.15) is 0 Å². The van der Waals surface area contributed by atoms with Crippen molar-refractivity contribution in [3.63, 3.8) is 0 Å². The van der Waals surface area contributed by atoms with E-state index in [1.54, 1.807) is 25.6 Å². The molecule has 0 fully saturated rings. The molecule has 3 nitrogen and oxygen atoms in total. The predicted molar refractivity (Wildman–Crippen MR) is 61.4 cm³/mol. The van der Waals surface area contributed by atoms with Crippen LogP contribution in [0, 0.1) is 0 Å². The van der Waals surface area contributed by atoms with E-state index in [0.29, 0.717) is 13.0 Å². The zero-order chi connectivity index (χ0) is 10.6. The van der Waals surface area contributed by atoms with Gasteiger partial charge in [0.1, 0.15) is 0 Å². The molecule has 5 heteroatoms. The van der Waals surface area contributed by atoms with E-state index < -0.39 is 5.79 Å². The predicted octanol–water partition coefficient (Wildman–Crippen LogP) is 2.30. The van der Waals surface area contributed by atoms with E-state index in [9.17, 15) is 0 Å². The molecule has 0 aliphatic heterocycles. The Labute approximate surface area is 96.3 Å². The highest BCUT2D eigenvalue weighted by Crippen LogP contribution is 2.36. The second-order valence-electron chi connectivity index (χ2n) is 2.80. The Morgan fingerprint density at radius 2 is 2.07 bits per heavy atom. The fourth-order valence-corrected chi connectivity index (χ4v) is 2.88.